The number of hydrogen-bond donors (Lipinski definition) is 1. The summed E-state index contributed by atoms with van der Waals surface area (Å²) in [5.41, 5.74) is 4.80. The SMILES string of the molecule is CC(C)c1ccccc1C1CN(Cc2cccc3c2OC(C)(C)O3)CCN1C1CCC12CCNCC2. The van der Waals surface area contributed by atoms with E-state index in [1.54, 1.807) is 0 Å². The summed E-state index contributed by atoms with van der Waals surface area (Å²) in [6.45, 7) is 15.2. The molecule has 5 nitrogen and oxygen atoms in total. The fraction of sp³-hybridized carbons (Fsp3) is 0.613. The zero-order valence-corrected chi connectivity index (χ0v) is 22.6. The minimum absolute atomic E-state index is 0.430. The number of nitrogens with zero attached hydrogens (tertiary/aromatic N) is 2. The van der Waals surface area contributed by atoms with Gasteiger partial charge in [-0.2, -0.15) is 0 Å². The Hall–Kier alpha value is -2.08. The first kappa shape index (κ1) is 24.3. The van der Waals surface area contributed by atoms with Gasteiger partial charge in [0.25, 0.3) is 0 Å². The third-order valence-electron chi connectivity index (χ3n) is 9.26. The summed E-state index contributed by atoms with van der Waals surface area (Å²) >= 11 is 0. The molecule has 1 aliphatic carbocycles. The van der Waals surface area contributed by atoms with Crippen molar-refractivity contribution < 1.29 is 9.47 Å². The van der Waals surface area contributed by atoms with Crippen LogP contribution >= 0.6 is 0 Å². The second-order valence-corrected chi connectivity index (χ2v) is 12.3. The molecule has 36 heavy (non-hydrogen) atoms. The molecular weight excluding hydrogens is 446 g/mol. The van der Waals surface area contributed by atoms with Crippen molar-refractivity contribution in [2.45, 2.75) is 83.7 Å². The lowest BCUT2D eigenvalue weighted by molar-refractivity contribution is -0.0907. The largest absolute Gasteiger partial charge is 0.449 e. The monoisotopic (exact) mass is 489 g/mol. The van der Waals surface area contributed by atoms with Crippen LogP contribution in [-0.4, -0.2) is 54.4 Å². The second-order valence-electron chi connectivity index (χ2n) is 12.3. The molecule has 2 aromatic carbocycles. The minimum Gasteiger partial charge on any atom is -0.449 e. The average molecular weight is 490 g/mol. The third kappa shape index (κ3) is 4.33. The van der Waals surface area contributed by atoms with Gasteiger partial charge in [-0.05, 0) is 67.3 Å². The maximum atomic E-state index is 6.22. The number of benzene rings is 2. The van der Waals surface area contributed by atoms with Crippen molar-refractivity contribution >= 4 is 0 Å². The Morgan fingerprint density at radius 3 is 2.53 bits per heavy atom. The highest BCUT2D eigenvalue weighted by Crippen LogP contribution is 2.53. The summed E-state index contributed by atoms with van der Waals surface area (Å²) in [6.07, 6.45) is 5.42. The Bertz CT molecular complexity index is 1090. The maximum absolute atomic E-state index is 6.22. The van der Waals surface area contributed by atoms with Crippen LogP contribution in [0.5, 0.6) is 11.5 Å². The molecule has 5 heteroatoms. The molecule has 194 valence electrons. The van der Waals surface area contributed by atoms with Crippen LogP contribution in [0.1, 0.15) is 82.0 Å². The van der Waals surface area contributed by atoms with Gasteiger partial charge in [0, 0.05) is 57.7 Å². The van der Waals surface area contributed by atoms with Crippen molar-refractivity contribution in [3.63, 3.8) is 0 Å². The van der Waals surface area contributed by atoms with Crippen LogP contribution in [-0.2, 0) is 6.54 Å². The summed E-state index contributed by atoms with van der Waals surface area (Å²) < 4.78 is 12.3. The lowest BCUT2D eigenvalue weighted by Crippen LogP contribution is -2.63. The summed E-state index contributed by atoms with van der Waals surface area (Å²) in [7, 11) is 0. The van der Waals surface area contributed by atoms with E-state index in [9.17, 15) is 0 Å². The van der Waals surface area contributed by atoms with E-state index in [4.69, 9.17) is 9.47 Å². The molecule has 3 heterocycles. The van der Waals surface area contributed by atoms with Gasteiger partial charge in [0.15, 0.2) is 11.5 Å². The number of fused-ring (bicyclic) bond motifs is 1. The Morgan fingerprint density at radius 1 is 0.972 bits per heavy atom. The Morgan fingerprint density at radius 2 is 1.78 bits per heavy atom. The van der Waals surface area contributed by atoms with Gasteiger partial charge in [-0.25, -0.2) is 0 Å². The molecule has 1 spiro atoms. The van der Waals surface area contributed by atoms with E-state index < -0.39 is 5.79 Å². The normalized spacial score (nSPS) is 27.4. The van der Waals surface area contributed by atoms with Gasteiger partial charge in [0.1, 0.15) is 0 Å². The van der Waals surface area contributed by atoms with Gasteiger partial charge < -0.3 is 14.8 Å². The standard InChI is InChI=1S/C31H43N3O2/c1-22(2)24-9-5-6-10-25(24)26-21-33(20-23-8-7-11-27-29(23)36-30(3,4)35-27)18-19-34(26)28-12-13-31(28)14-16-32-17-15-31/h5-11,22,26,28,32H,12-21H2,1-4H3. The van der Waals surface area contributed by atoms with Gasteiger partial charge >= 0.3 is 0 Å². The lowest BCUT2D eigenvalue weighted by Gasteiger charge is -2.60. The van der Waals surface area contributed by atoms with Crippen molar-refractivity contribution in [3.8, 4) is 11.5 Å². The molecule has 1 saturated carbocycles. The zero-order valence-electron chi connectivity index (χ0n) is 22.6. The van der Waals surface area contributed by atoms with E-state index in [1.165, 1.54) is 55.5 Å². The number of piperidine rings is 1. The molecular formula is C31H43N3O2. The first-order valence-electron chi connectivity index (χ1n) is 14.1. The Balaban J connectivity index is 1.29. The van der Waals surface area contributed by atoms with E-state index in [2.05, 4.69) is 65.4 Å². The number of ether oxygens (including phenoxy) is 2. The first-order valence-corrected chi connectivity index (χ1v) is 14.1. The molecule has 4 aliphatic rings. The van der Waals surface area contributed by atoms with Gasteiger partial charge in [-0.1, -0.05) is 50.2 Å². The molecule has 2 atom stereocenters. The molecule has 2 unspecified atom stereocenters. The van der Waals surface area contributed by atoms with Crippen LogP contribution in [0.3, 0.4) is 0 Å². The molecule has 2 saturated heterocycles. The molecule has 0 amide bonds. The third-order valence-corrected chi connectivity index (χ3v) is 9.26. The molecule has 0 radical (unpaired) electrons. The molecule has 0 aromatic heterocycles. The summed E-state index contributed by atoms with van der Waals surface area (Å²) in [4.78, 5) is 5.57. The maximum Gasteiger partial charge on any atom is 0.246 e. The molecule has 6 rings (SSSR count). The predicted molar refractivity (Wildman–Crippen MR) is 145 cm³/mol. The Kier molecular flexibility index (Phi) is 6.30. The molecule has 0 bridgehead atoms. The summed E-state index contributed by atoms with van der Waals surface area (Å²) in [5.74, 6) is 1.73. The van der Waals surface area contributed by atoms with Crippen LogP contribution in [0.15, 0.2) is 42.5 Å². The number of nitrogens with one attached hydrogen (secondary N) is 1. The van der Waals surface area contributed by atoms with Gasteiger partial charge in [-0.3, -0.25) is 9.80 Å². The quantitative estimate of drug-likeness (QED) is 0.582. The molecule has 1 N–H and O–H groups in total. The highest BCUT2D eigenvalue weighted by atomic mass is 16.7. The van der Waals surface area contributed by atoms with Crippen molar-refractivity contribution in [1.82, 2.24) is 15.1 Å². The molecule has 2 aromatic rings. The summed E-state index contributed by atoms with van der Waals surface area (Å²) in [5, 5.41) is 3.61. The van der Waals surface area contributed by atoms with Gasteiger partial charge in [0.05, 0.1) is 0 Å². The van der Waals surface area contributed by atoms with Crippen molar-refractivity contribution in [2.75, 3.05) is 32.7 Å². The highest BCUT2D eigenvalue weighted by molar-refractivity contribution is 5.49. The van der Waals surface area contributed by atoms with Crippen LogP contribution in [0, 0.1) is 5.41 Å². The molecule has 3 fully saturated rings. The average Bonchev–Trinajstić information content (AvgIpc) is 3.19. The fourth-order valence-corrected chi connectivity index (χ4v) is 7.35. The van der Waals surface area contributed by atoms with E-state index in [0.717, 1.165) is 37.7 Å². The van der Waals surface area contributed by atoms with Crippen molar-refractivity contribution in [1.29, 1.82) is 0 Å². The highest BCUT2D eigenvalue weighted by Gasteiger charge is 2.52. The molecule has 3 aliphatic heterocycles. The van der Waals surface area contributed by atoms with Crippen LogP contribution in [0.4, 0.5) is 0 Å². The van der Waals surface area contributed by atoms with Crippen LogP contribution in [0.2, 0.25) is 0 Å². The minimum atomic E-state index is -0.594. The van der Waals surface area contributed by atoms with E-state index in [1.807, 2.05) is 19.9 Å². The van der Waals surface area contributed by atoms with Gasteiger partial charge in [0.2, 0.25) is 5.79 Å². The number of rotatable bonds is 5. The Labute approximate surface area is 217 Å². The van der Waals surface area contributed by atoms with Crippen molar-refractivity contribution in [2.24, 2.45) is 5.41 Å². The number of para-hydroxylation sites is 1. The van der Waals surface area contributed by atoms with Gasteiger partial charge in [-0.15, -0.1) is 0 Å². The van der Waals surface area contributed by atoms with Crippen LogP contribution < -0.4 is 14.8 Å². The first-order chi connectivity index (χ1) is 17.4. The zero-order chi connectivity index (χ0) is 24.9. The predicted octanol–water partition coefficient (Wildman–Crippen LogP) is 5.71. The van der Waals surface area contributed by atoms with E-state index >= 15 is 0 Å². The second kappa shape index (κ2) is 9.34. The topological polar surface area (TPSA) is 37.0 Å². The lowest BCUT2D eigenvalue weighted by atomic mass is 9.58. The van der Waals surface area contributed by atoms with Crippen LogP contribution in [0.25, 0.3) is 0 Å². The van der Waals surface area contributed by atoms with E-state index in [0.29, 0.717) is 23.4 Å². The number of hydrogen-bond acceptors (Lipinski definition) is 5. The number of piperazine rings is 1. The van der Waals surface area contributed by atoms with E-state index in [-0.39, 0.29) is 0 Å². The smallest absolute Gasteiger partial charge is 0.246 e. The van der Waals surface area contributed by atoms with Crippen molar-refractivity contribution in [3.05, 3.63) is 59.2 Å². The summed E-state index contributed by atoms with van der Waals surface area (Å²) in [6, 6.07) is 16.7. The fourth-order valence-electron chi connectivity index (χ4n) is 7.35.